The van der Waals surface area contributed by atoms with E-state index >= 15 is 0 Å². The van der Waals surface area contributed by atoms with Crippen LogP contribution in [0, 0.1) is 0 Å². The fraction of sp³-hybridized carbons (Fsp3) is 0.444. The predicted molar refractivity (Wildman–Crippen MR) is 144 cm³/mol. The Bertz CT molecular complexity index is 1380. The van der Waals surface area contributed by atoms with E-state index in [0.717, 1.165) is 11.0 Å². The number of nitrogens with one attached hydrogen (secondary N) is 1. The number of amides is 1. The number of carbonyl (C=O) groups excluding carboxylic acids is 1. The Morgan fingerprint density at radius 3 is 2.38 bits per heavy atom. The molecule has 4 rings (SSSR count). The van der Waals surface area contributed by atoms with E-state index in [2.05, 4.69) is 11.3 Å². The summed E-state index contributed by atoms with van der Waals surface area (Å²) < 4.78 is 82.2. The topological polar surface area (TPSA) is 104 Å². The highest BCUT2D eigenvalue weighted by Crippen LogP contribution is 2.32. The smallest absolute Gasteiger partial charge is 0.265 e. The molecule has 212 valence electrons. The van der Waals surface area contributed by atoms with Crippen molar-refractivity contribution in [1.29, 1.82) is 0 Å². The third-order valence-corrected chi connectivity index (χ3v) is 10.2. The molecule has 2 aromatic rings. The van der Waals surface area contributed by atoms with Crippen LogP contribution in [0.2, 0.25) is 0 Å². The molecule has 0 aromatic heterocycles. The summed E-state index contributed by atoms with van der Waals surface area (Å²) in [6.07, 6.45) is 1.34. The minimum atomic E-state index is -3.94. The molecule has 39 heavy (non-hydrogen) atoms. The minimum absolute atomic E-state index is 0.0140. The van der Waals surface area contributed by atoms with Crippen LogP contribution >= 0.6 is 0 Å². The SMILES string of the molecule is C=CS(=O)(=O)NC[C@H]1CCCN1S(=O)(=O)c1ccc(C(Cc2ccccc2)C(=O)N2CCCC(F)(F)C2)cc1. The van der Waals surface area contributed by atoms with Crippen LogP contribution in [-0.2, 0) is 31.3 Å². The van der Waals surface area contributed by atoms with Crippen LogP contribution < -0.4 is 4.72 Å². The first-order valence-corrected chi connectivity index (χ1v) is 15.8. The van der Waals surface area contributed by atoms with Gasteiger partial charge in [-0.05, 0) is 48.9 Å². The molecule has 0 aliphatic carbocycles. The van der Waals surface area contributed by atoms with E-state index in [1.807, 2.05) is 30.3 Å². The summed E-state index contributed by atoms with van der Waals surface area (Å²) in [5, 5.41) is 0.775. The zero-order valence-electron chi connectivity index (χ0n) is 21.5. The lowest BCUT2D eigenvalue weighted by atomic mass is 9.90. The lowest BCUT2D eigenvalue weighted by Crippen LogP contribution is -2.47. The maximum atomic E-state index is 14.1. The summed E-state index contributed by atoms with van der Waals surface area (Å²) in [4.78, 5) is 14.7. The van der Waals surface area contributed by atoms with Gasteiger partial charge in [-0.25, -0.2) is 30.3 Å². The van der Waals surface area contributed by atoms with Gasteiger partial charge in [0.25, 0.3) is 5.92 Å². The molecule has 2 fully saturated rings. The maximum absolute atomic E-state index is 14.1. The van der Waals surface area contributed by atoms with Gasteiger partial charge >= 0.3 is 0 Å². The molecule has 8 nitrogen and oxygen atoms in total. The molecule has 2 saturated heterocycles. The highest BCUT2D eigenvalue weighted by molar-refractivity contribution is 7.92. The zero-order chi connectivity index (χ0) is 28.3. The van der Waals surface area contributed by atoms with Crippen LogP contribution in [0.25, 0.3) is 0 Å². The molecule has 1 unspecified atom stereocenters. The first kappa shape index (κ1) is 29.3. The fourth-order valence-electron chi connectivity index (χ4n) is 5.18. The van der Waals surface area contributed by atoms with E-state index < -0.39 is 50.4 Å². The average molecular weight is 582 g/mol. The molecule has 0 saturated carbocycles. The van der Waals surface area contributed by atoms with Crippen LogP contribution in [0.4, 0.5) is 8.78 Å². The van der Waals surface area contributed by atoms with Crippen molar-refractivity contribution >= 4 is 26.0 Å². The van der Waals surface area contributed by atoms with Crippen molar-refractivity contribution in [1.82, 2.24) is 13.9 Å². The van der Waals surface area contributed by atoms with Crippen LogP contribution in [0.3, 0.4) is 0 Å². The van der Waals surface area contributed by atoms with Gasteiger partial charge in [0.2, 0.25) is 26.0 Å². The Balaban J connectivity index is 1.57. The van der Waals surface area contributed by atoms with Gasteiger partial charge in [0, 0.05) is 37.5 Å². The second-order valence-electron chi connectivity index (χ2n) is 10.0. The Labute approximate surface area is 228 Å². The molecule has 12 heteroatoms. The van der Waals surface area contributed by atoms with E-state index in [0.29, 0.717) is 18.4 Å². The van der Waals surface area contributed by atoms with Gasteiger partial charge < -0.3 is 4.90 Å². The quantitative estimate of drug-likeness (QED) is 0.463. The van der Waals surface area contributed by atoms with E-state index in [1.165, 1.54) is 21.3 Å². The maximum Gasteiger partial charge on any atom is 0.265 e. The lowest BCUT2D eigenvalue weighted by Gasteiger charge is -2.35. The summed E-state index contributed by atoms with van der Waals surface area (Å²) in [5.41, 5.74) is 1.40. The second kappa shape index (κ2) is 11.8. The number of benzene rings is 2. The van der Waals surface area contributed by atoms with Crippen molar-refractivity contribution in [2.24, 2.45) is 0 Å². The number of hydrogen-bond acceptors (Lipinski definition) is 5. The first-order valence-electron chi connectivity index (χ1n) is 12.9. The minimum Gasteiger partial charge on any atom is -0.336 e. The molecule has 2 aromatic carbocycles. The van der Waals surface area contributed by atoms with Crippen molar-refractivity contribution in [3.63, 3.8) is 0 Å². The number of hydrogen-bond donors (Lipinski definition) is 1. The summed E-state index contributed by atoms with van der Waals surface area (Å²) >= 11 is 0. The molecule has 2 aliphatic rings. The zero-order valence-corrected chi connectivity index (χ0v) is 23.1. The Kier molecular flexibility index (Phi) is 8.89. The highest BCUT2D eigenvalue weighted by Gasteiger charge is 2.40. The van der Waals surface area contributed by atoms with Gasteiger partial charge in [0.05, 0.1) is 17.4 Å². The number of alkyl halides is 2. The normalized spacial score (nSPS) is 21.0. The lowest BCUT2D eigenvalue weighted by molar-refractivity contribution is -0.143. The monoisotopic (exact) mass is 581 g/mol. The largest absolute Gasteiger partial charge is 0.336 e. The van der Waals surface area contributed by atoms with Gasteiger partial charge in [-0.1, -0.05) is 49.0 Å². The van der Waals surface area contributed by atoms with Crippen molar-refractivity contribution in [3.8, 4) is 0 Å². The van der Waals surface area contributed by atoms with Gasteiger partial charge in [-0.2, -0.15) is 4.31 Å². The molecule has 1 N–H and O–H groups in total. The third kappa shape index (κ3) is 7.10. The van der Waals surface area contributed by atoms with Crippen LogP contribution in [0.5, 0.6) is 0 Å². The van der Waals surface area contributed by atoms with E-state index in [1.54, 1.807) is 12.1 Å². The van der Waals surface area contributed by atoms with E-state index in [4.69, 9.17) is 0 Å². The predicted octanol–water partition coefficient (Wildman–Crippen LogP) is 3.49. The number of rotatable bonds is 10. The van der Waals surface area contributed by atoms with Crippen molar-refractivity contribution in [2.45, 2.75) is 54.9 Å². The van der Waals surface area contributed by atoms with Crippen LogP contribution in [0.1, 0.15) is 42.7 Å². The van der Waals surface area contributed by atoms with Crippen molar-refractivity contribution < 1.29 is 30.4 Å². The summed E-state index contributed by atoms with van der Waals surface area (Å²) in [5.74, 6) is -4.11. The summed E-state index contributed by atoms with van der Waals surface area (Å²) in [6.45, 7) is 3.05. The molecular formula is C27H33F2N3O5S2. The molecule has 0 radical (unpaired) electrons. The Morgan fingerprint density at radius 1 is 1.05 bits per heavy atom. The number of nitrogens with zero attached hydrogens (tertiary/aromatic N) is 2. The third-order valence-electron chi connectivity index (χ3n) is 7.24. The standard InChI is InChI=1S/C27H33F2N3O5S2/c1-2-38(34,35)30-19-23-10-6-17-32(23)39(36,37)24-13-11-22(12-14-24)25(18-21-8-4-3-5-9-21)26(33)31-16-7-15-27(28,29)20-31/h2-5,8-9,11-14,23,25,30H,1,6-7,10,15-20H2/t23-,25?/m1/s1. The molecule has 0 spiro atoms. The molecule has 0 bridgehead atoms. The Hall–Kier alpha value is -2.67. The summed E-state index contributed by atoms with van der Waals surface area (Å²) in [7, 11) is -7.64. The van der Waals surface area contributed by atoms with Crippen molar-refractivity contribution in [2.75, 3.05) is 26.2 Å². The van der Waals surface area contributed by atoms with Gasteiger partial charge in [0.15, 0.2) is 0 Å². The highest BCUT2D eigenvalue weighted by atomic mass is 32.2. The van der Waals surface area contributed by atoms with E-state index in [9.17, 15) is 30.4 Å². The Morgan fingerprint density at radius 2 is 1.74 bits per heavy atom. The molecule has 2 atom stereocenters. The first-order chi connectivity index (χ1) is 18.4. The van der Waals surface area contributed by atoms with Crippen LogP contribution in [0.15, 0.2) is 71.5 Å². The molecule has 1 amide bonds. The number of sulfonamides is 2. The van der Waals surface area contributed by atoms with Gasteiger partial charge in [0.1, 0.15) is 0 Å². The van der Waals surface area contributed by atoms with Gasteiger partial charge in [-0.3, -0.25) is 4.79 Å². The summed E-state index contributed by atoms with van der Waals surface area (Å²) in [6, 6.07) is 14.7. The number of halogens is 2. The van der Waals surface area contributed by atoms with Gasteiger partial charge in [-0.15, -0.1) is 0 Å². The van der Waals surface area contributed by atoms with E-state index in [-0.39, 0.29) is 43.8 Å². The molecular weight excluding hydrogens is 548 g/mol. The fourth-order valence-corrected chi connectivity index (χ4v) is 7.42. The molecule has 2 aliphatic heterocycles. The van der Waals surface area contributed by atoms with Crippen LogP contribution in [-0.4, -0.2) is 70.1 Å². The average Bonchev–Trinajstić information content (AvgIpc) is 3.40. The number of carbonyl (C=O) groups is 1. The van der Waals surface area contributed by atoms with Crippen molar-refractivity contribution in [3.05, 3.63) is 77.7 Å². The second-order valence-corrected chi connectivity index (χ2v) is 13.6. The number of piperidine rings is 1. The number of likely N-dealkylation sites (tertiary alicyclic amines) is 1. The molecule has 2 heterocycles.